The maximum Gasteiger partial charge on any atom is 0.314 e. The molecular weight excluding hydrogens is 505 g/mol. The number of carbonyl (C=O) groups excluding carboxylic acids is 1. The third-order valence-corrected chi connectivity index (χ3v) is 7.55. The van der Waals surface area contributed by atoms with Gasteiger partial charge in [0.25, 0.3) is 0 Å². The van der Waals surface area contributed by atoms with Gasteiger partial charge in [0.1, 0.15) is 36.3 Å². The summed E-state index contributed by atoms with van der Waals surface area (Å²) in [6.07, 6.45) is -0.442. The highest BCUT2D eigenvalue weighted by Crippen LogP contribution is 2.49. The fraction of sp³-hybridized carbons (Fsp3) is 0.206. The van der Waals surface area contributed by atoms with E-state index in [0.717, 1.165) is 39.3 Å². The second-order valence-corrected chi connectivity index (χ2v) is 10.3. The summed E-state index contributed by atoms with van der Waals surface area (Å²) in [6, 6.07) is 31.4. The number of cyclic esters (lactones) is 1. The second-order valence-electron chi connectivity index (χ2n) is 10.3. The van der Waals surface area contributed by atoms with E-state index in [-0.39, 0.29) is 11.8 Å². The number of allylic oxidation sites excluding steroid dienone is 1. The first-order valence-electron chi connectivity index (χ1n) is 13.4. The Kier molecular flexibility index (Phi) is 7.10. The van der Waals surface area contributed by atoms with E-state index >= 15 is 0 Å². The monoisotopic (exact) mass is 535 g/mol. The van der Waals surface area contributed by atoms with E-state index in [1.807, 2.05) is 90.8 Å². The highest BCUT2D eigenvalue weighted by atomic mass is 19.1. The van der Waals surface area contributed by atoms with E-state index in [9.17, 15) is 9.18 Å². The molecule has 0 aliphatic carbocycles. The quantitative estimate of drug-likeness (QED) is 0.228. The molecule has 2 aliphatic heterocycles. The first-order chi connectivity index (χ1) is 19.5. The Hall–Kier alpha value is -4.42. The van der Waals surface area contributed by atoms with Crippen molar-refractivity contribution < 1.29 is 23.5 Å². The summed E-state index contributed by atoms with van der Waals surface area (Å²) in [6.45, 7) is 6.46. The van der Waals surface area contributed by atoms with E-state index in [1.54, 1.807) is 12.1 Å². The summed E-state index contributed by atoms with van der Waals surface area (Å²) in [5, 5.41) is 1.83. The molecule has 4 aromatic rings. The molecule has 0 saturated carbocycles. The molecule has 6 rings (SSSR count). The molecule has 0 bridgehead atoms. The highest BCUT2D eigenvalue weighted by molar-refractivity contribution is 5.77. The van der Waals surface area contributed by atoms with Gasteiger partial charge in [0, 0.05) is 6.42 Å². The maximum absolute atomic E-state index is 13.5. The van der Waals surface area contributed by atoms with E-state index in [4.69, 9.17) is 14.3 Å². The lowest BCUT2D eigenvalue weighted by Gasteiger charge is -2.31. The third kappa shape index (κ3) is 5.23. The topological polar surface area (TPSA) is 48.0 Å². The van der Waals surface area contributed by atoms with Gasteiger partial charge in [0.2, 0.25) is 0 Å². The number of benzene rings is 4. The molecule has 0 spiro atoms. The van der Waals surface area contributed by atoms with Gasteiger partial charge in [0.15, 0.2) is 0 Å². The lowest BCUT2D eigenvalue weighted by Crippen LogP contribution is -2.37. The molecule has 2 aliphatic rings. The van der Waals surface area contributed by atoms with Gasteiger partial charge in [-0.3, -0.25) is 9.63 Å². The summed E-state index contributed by atoms with van der Waals surface area (Å²) in [5.41, 5.74) is 5.59. The minimum absolute atomic E-state index is 0.332. The molecule has 2 fully saturated rings. The SMILES string of the molecule is C=C(C)c1ccc(N2OC3CC(c4ccc(F)cc4)OC(=O)C3C2c2ccc(OCc3ccccc3)cc2)cc1. The molecule has 6 heteroatoms. The molecule has 4 aromatic carbocycles. The van der Waals surface area contributed by atoms with Crippen LogP contribution in [0.25, 0.3) is 5.57 Å². The van der Waals surface area contributed by atoms with Crippen molar-refractivity contribution in [1.29, 1.82) is 0 Å². The second kappa shape index (κ2) is 11.0. The van der Waals surface area contributed by atoms with Crippen LogP contribution in [0.4, 0.5) is 10.1 Å². The number of hydrogen-bond donors (Lipinski definition) is 0. The Morgan fingerprint density at radius 1 is 0.925 bits per heavy atom. The number of fused-ring (bicyclic) bond motifs is 1. The van der Waals surface area contributed by atoms with Crippen molar-refractivity contribution in [3.05, 3.63) is 138 Å². The number of ether oxygens (including phenoxy) is 2. The molecule has 2 heterocycles. The van der Waals surface area contributed by atoms with Gasteiger partial charge in [-0.25, -0.2) is 9.45 Å². The van der Waals surface area contributed by atoms with Gasteiger partial charge in [0.05, 0.1) is 11.7 Å². The summed E-state index contributed by atoms with van der Waals surface area (Å²) in [5.74, 6) is -0.459. The minimum atomic E-state index is -0.534. The fourth-order valence-corrected chi connectivity index (χ4v) is 5.42. The minimum Gasteiger partial charge on any atom is -0.489 e. The number of anilines is 1. The Morgan fingerprint density at radius 2 is 1.60 bits per heavy atom. The molecule has 0 radical (unpaired) electrons. The number of esters is 1. The van der Waals surface area contributed by atoms with Crippen molar-refractivity contribution in [1.82, 2.24) is 0 Å². The van der Waals surface area contributed by atoms with E-state index in [1.165, 1.54) is 12.1 Å². The first-order valence-corrected chi connectivity index (χ1v) is 13.4. The molecule has 40 heavy (non-hydrogen) atoms. The normalized spacial score (nSPS) is 21.9. The molecule has 0 amide bonds. The van der Waals surface area contributed by atoms with Crippen molar-refractivity contribution in [3.8, 4) is 5.75 Å². The molecule has 202 valence electrons. The summed E-state index contributed by atoms with van der Waals surface area (Å²) >= 11 is 0. The van der Waals surface area contributed by atoms with Crippen molar-refractivity contribution in [3.63, 3.8) is 0 Å². The van der Waals surface area contributed by atoms with Crippen LogP contribution in [-0.2, 0) is 21.0 Å². The summed E-state index contributed by atoms with van der Waals surface area (Å²) in [4.78, 5) is 20.0. The summed E-state index contributed by atoms with van der Waals surface area (Å²) in [7, 11) is 0. The van der Waals surface area contributed by atoms with Crippen molar-refractivity contribution in [2.75, 3.05) is 5.06 Å². The predicted molar refractivity (Wildman–Crippen MR) is 152 cm³/mol. The van der Waals surface area contributed by atoms with Crippen LogP contribution in [0.15, 0.2) is 110 Å². The molecule has 4 atom stereocenters. The third-order valence-electron chi connectivity index (χ3n) is 7.55. The molecule has 2 saturated heterocycles. The number of hydroxylamine groups is 1. The molecule has 4 unspecified atom stereocenters. The standard InChI is InChI=1S/C34H30FNO4/c1-22(2)24-10-16-28(17-11-24)36-33(26-12-18-29(19-13-26)38-21-23-6-4-3-5-7-23)32-31(40-36)20-30(39-34(32)37)25-8-14-27(35)15-9-25/h3-19,30-33H,1,20-21H2,2H3. The molecule has 5 nitrogen and oxygen atoms in total. The Balaban J connectivity index is 1.28. The molecule has 0 aromatic heterocycles. The van der Waals surface area contributed by atoms with Crippen molar-refractivity contribution in [2.45, 2.75) is 38.2 Å². The zero-order valence-electron chi connectivity index (χ0n) is 22.2. The van der Waals surface area contributed by atoms with Crippen LogP contribution in [0.3, 0.4) is 0 Å². The Bertz CT molecular complexity index is 1490. The van der Waals surface area contributed by atoms with Crippen LogP contribution in [0.1, 0.15) is 47.7 Å². The average Bonchev–Trinajstić information content (AvgIpc) is 3.37. The smallest absolute Gasteiger partial charge is 0.314 e. The van der Waals surface area contributed by atoms with Gasteiger partial charge in [-0.05, 0) is 65.6 Å². The lowest BCUT2D eigenvalue weighted by molar-refractivity contribution is -0.167. The molecule has 0 N–H and O–H groups in total. The van der Waals surface area contributed by atoms with Gasteiger partial charge in [-0.1, -0.05) is 78.9 Å². The zero-order valence-corrected chi connectivity index (χ0v) is 22.2. The van der Waals surface area contributed by atoms with E-state index in [2.05, 4.69) is 6.58 Å². The molecular formula is C34H30FNO4. The van der Waals surface area contributed by atoms with Gasteiger partial charge < -0.3 is 9.47 Å². The van der Waals surface area contributed by atoms with Crippen LogP contribution in [0.5, 0.6) is 5.75 Å². The van der Waals surface area contributed by atoms with Crippen molar-refractivity contribution in [2.24, 2.45) is 5.92 Å². The lowest BCUT2D eigenvalue weighted by atomic mass is 9.84. The van der Waals surface area contributed by atoms with Crippen molar-refractivity contribution >= 4 is 17.2 Å². The van der Waals surface area contributed by atoms with Crippen LogP contribution >= 0.6 is 0 Å². The van der Waals surface area contributed by atoms with Crippen LogP contribution < -0.4 is 9.80 Å². The number of nitrogens with zero attached hydrogens (tertiary/aromatic N) is 1. The van der Waals surface area contributed by atoms with Crippen LogP contribution in [0.2, 0.25) is 0 Å². The van der Waals surface area contributed by atoms with Gasteiger partial charge in [-0.2, -0.15) is 0 Å². The van der Waals surface area contributed by atoms with Crippen LogP contribution in [-0.4, -0.2) is 12.1 Å². The maximum atomic E-state index is 13.5. The Labute approximate surface area is 233 Å². The first kappa shape index (κ1) is 25.8. The number of halogens is 1. The predicted octanol–water partition coefficient (Wildman–Crippen LogP) is 7.60. The number of rotatable bonds is 7. The number of hydrogen-bond acceptors (Lipinski definition) is 5. The van der Waals surface area contributed by atoms with Gasteiger partial charge in [-0.15, -0.1) is 0 Å². The summed E-state index contributed by atoms with van der Waals surface area (Å²) < 4.78 is 25.4. The van der Waals surface area contributed by atoms with E-state index < -0.39 is 24.2 Å². The zero-order chi connectivity index (χ0) is 27.6. The highest BCUT2D eigenvalue weighted by Gasteiger charge is 2.53. The van der Waals surface area contributed by atoms with Crippen LogP contribution in [0, 0.1) is 11.7 Å². The largest absolute Gasteiger partial charge is 0.489 e. The number of carbonyl (C=O) groups is 1. The van der Waals surface area contributed by atoms with E-state index in [0.29, 0.717) is 13.0 Å². The van der Waals surface area contributed by atoms with Gasteiger partial charge >= 0.3 is 5.97 Å². The average molecular weight is 536 g/mol. The fourth-order valence-electron chi connectivity index (χ4n) is 5.42. The Morgan fingerprint density at radius 3 is 2.27 bits per heavy atom.